The zero-order valence-corrected chi connectivity index (χ0v) is 11.4. The highest BCUT2D eigenvalue weighted by Gasteiger charge is 2.10. The molecule has 0 atom stereocenters. The Balaban J connectivity index is 2.08. The number of nitrogens with two attached hydrogens (primary N) is 1. The van der Waals surface area contributed by atoms with Crippen LogP contribution in [0.3, 0.4) is 0 Å². The molecule has 0 saturated carbocycles. The van der Waals surface area contributed by atoms with Crippen LogP contribution in [-0.4, -0.2) is 35.1 Å². The summed E-state index contributed by atoms with van der Waals surface area (Å²) in [5.41, 5.74) is 6.82. The number of rotatable bonds is 4. The minimum absolute atomic E-state index is 0.198. The Morgan fingerprint density at radius 1 is 1.15 bits per heavy atom. The van der Waals surface area contributed by atoms with Gasteiger partial charge in [0.15, 0.2) is 5.69 Å². The minimum atomic E-state index is -0.198. The van der Waals surface area contributed by atoms with Gasteiger partial charge in [-0.05, 0) is 23.8 Å². The van der Waals surface area contributed by atoms with E-state index in [4.69, 9.17) is 10.5 Å². The van der Waals surface area contributed by atoms with Gasteiger partial charge < -0.3 is 15.4 Å². The van der Waals surface area contributed by atoms with Crippen LogP contribution in [0.25, 0.3) is 0 Å². The van der Waals surface area contributed by atoms with E-state index >= 15 is 0 Å². The van der Waals surface area contributed by atoms with Crippen molar-refractivity contribution in [3.8, 4) is 11.6 Å². The first-order valence-electron chi connectivity index (χ1n) is 6.12. The van der Waals surface area contributed by atoms with Crippen LogP contribution in [0.2, 0.25) is 0 Å². The molecule has 6 nitrogen and oxygen atoms in total. The van der Waals surface area contributed by atoms with Crippen molar-refractivity contribution in [2.24, 2.45) is 5.73 Å². The molecule has 104 valence electrons. The molecular formula is C14H16N4O2. The molecule has 1 aromatic carbocycles. The summed E-state index contributed by atoms with van der Waals surface area (Å²) < 4.78 is 5.53. The molecule has 0 bridgehead atoms. The topological polar surface area (TPSA) is 81.3 Å². The summed E-state index contributed by atoms with van der Waals surface area (Å²) >= 11 is 0. The van der Waals surface area contributed by atoms with E-state index in [1.54, 1.807) is 26.2 Å². The van der Waals surface area contributed by atoms with E-state index in [2.05, 4.69) is 10.2 Å². The maximum Gasteiger partial charge on any atom is 0.273 e. The first kappa shape index (κ1) is 14.0. The number of benzene rings is 1. The average Bonchev–Trinajstić information content (AvgIpc) is 2.48. The average molecular weight is 272 g/mol. The highest BCUT2D eigenvalue weighted by Crippen LogP contribution is 2.19. The van der Waals surface area contributed by atoms with Crippen molar-refractivity contribution in [2.75, 3.05) is 14.1 Å². The van der Waals surface area contributed by atoms with Gasteiger partial charge in [-0.2, -0.15) is 0 Å². The fourth-order valence-corrected chi connectivity index (χ4v) is 1.53. The van der Waals surface area contributed by atoms with E-state index < -0.39 is 0 Å². The van der Waals surface area contributed by atoms with Crippen molar-refractivity contribution in [1.82, 2.24) is 15.1 Å². The van der Waals surface area contributed by atoms with Crippen LogP contribution in [0, 0.1) is 0 Å². The summed E-state index contributed by atoms with van der Waals surface area (Å²) in [5.74, 6) is 0.778. The van der Waals surface area contributed by atoms with E-state index in [1.807, 2.05) is 24.3 Å². The second-order valence-electron chi connectivity index (χ2n) is 4.41. The van der Waals surface area contributed by atoms with Crippen LogP contribution >= 0.6 is 0 Å². The number of aromatic nitrogens is 2. The Morgan fingerprint density at radius 2 is 1.85 bits per heavy atom. The zero-order chi connectivity index (χ0) is 14.5. The van der Waals surface area contributed by atoms with Gasteiger partial charge in [-0.1, -0.05) is 12.1 Å². The van der Waals surface area contributed by atoms with Gasteiger partial charge in [0.2, 0.25) is 5.88 Å². The van der Waals surface area contributed by atoms with Crippen molar-refractivity contribution < 1.29 is 9.53 Å². The maximum atomic E-state index is 11.7. The van der Waals surface area contributed by atoms with E-state index in [1.165, 1.54) is 4.90 Å². The van der Waals surface area contributed by atoms with Crippen LogP contribution in [-0.2, 0) is 6.54 Å². The van der Waals surface area contributed by atoms with Gasteiger partial charge in [0.1, 0.15) is 5.75 Å². The predicted octanol–water partition coefficient (Wildman–Crippen LogP) is 1.43. The molecule has 0 aliphatic heterocycles. The molecule has 1 amide bonds. The van der Waals surface area contributed by atoms with Crippen LogP contribution in [0.1, 0.15) is 16.1 Å². The molecule has 0 saturated heterocycles. The third-order valence-electron chi connectivity index (χ3n) is 2.65. The number of hydrogen-bond donors (Lipinski definition) is 1. The van der Waals surface area contributed by atoms with Gasteiger partial charge in [0.25, 0.3) is 5.91 Å². The fourth-order valence-electron chi connectivity index (χ4n) is 1.53. The predicted molar refractivity (Wildman–Crippen MR) is 74.5 cm³/mol. The highest BCUT2D eigenvalue weighted by atomic mass is 16.5. The molecule has 2 rings (SSSR count). The van der Waals surface area contributed by atoms with Crippen molar-refractivity contribution in [3.05, 3.63) is 47.7 Å². The third-order valence-corrected chi connectivity index (χ3v) is 2.65. The number of amides is 1. The van der Waals surface area contributed by atoms with E-state index in [0.29, 0.717) is 18.2 Å². The Morgan fingerprint density at radius 3 is 2.35 bits per heavy atom. The van der Waals surface area contributed by atoms with Gasteiger partial charge in [-0.15, -0.1) is 10.2 Å². The molecule has 2 N–H and O–H groups in total. The molecule has 0 radical (unpaired) electrons. The smallest absolute Gasteiger partial charge is 0.273 e. The second-order valence-corrected chi connectivity index (χ2v) is 4.41. The summed E-state index contributed by atoms with van der Waals surface area (Å²) in [5, 5.41) is 7.72. The quantitative estimate of drug-likeness (QED) is 0.910. The Labute approximate surface area is 117 Å². The lowest BCUT2D eigenvalue weighted by Crippen LogP contribution is -2.23. The number of carbonyl (C=O) groups excluding carboxylic acids is 1. The summed E-state index contributed by atoms with van der Waals surface area (Å²) in [6, 6.07) is 10.6. The van der Waals surface area contributed by atoms with Gasteiger partial charge in [-0.25, -0.2) is 0 Å². The third kappa shape index (κ3) is 3.30. The number of nitrogens with zero attached hydrogens (tertiary/aromatic N) is 3. The highest BCUT2D eigenvalue weighted by molar-refractivity contribution is 5.91. The normalized spacial score (nSPS) is 10.2. The fraction of sp³-hybridized carbons (Fsp3) is 0.214. The molecule has 0 unspecified atom stereocenters. The lowest BCUT2D eigenvalue weighted by atomic mass is 10.2. The molecular weight excluding hydrogens is 256 g/mol. The summed E-state index contributed by atoms with van der Waals surface area (Å²) in [6.45, 7) is 0.488. The lowest BCUT2D eigenvalue weighted by Gasteiger charge is -2.09. The lowest BCUT2D eigenvalue weighted by molar-refractivity contribution is 0.0820. The molecule has 0 aliphatic carbocycles. The van der Waals surface area contributed by atoms with Crippen LogP contribution in [0.15, 0.2) is 36.4 Å². The van der Waals surface area contributed by atoms with Crippen LogP contribution < -0.4 is 10.5 Å². The molecule has 1 aromatic heterocycles. The van der Waals surface area contributed by atoms with Crippen molar-refractivity contribution in [1.29, 1.82) is 0 Å². The van der Waals surface area contributed by atoms with Crippen LogP contribution in [0.5, 0.6) is 11.6 Å². The monoisotopic (exact) mass is 272 g/mol. The van der Waals surface area contributed by atoms with Gasteiger partial charge in [0.05, 0.1) is 0 Å². The Hall–Kier alpha value is -2.47. The minimum Gasteiger partial charge on any atom is -0.438 e. The molecule has 1 heterocycles. The van der Waals surface area contributed by atoms with Crippen LogP contribution in [0.4, 0.5) is 0 Å². The standard InChI is InChI=1S/C14H16N4O2/c1-18(2)14(19)12-7-8-13(17-16-12)20-11-5-3-10(9-15)4-6-11/h3-8H,9,15H2,1-2H3. The molecule has 20 heavy (non-hydrogen) atoms. The Kier molecular flexibility index (Phi) is 4.27. The van der Waals surface area contributed by atoms with Crippen molar-refractivity contribution in [2.45, 2.75) is 6.54 Å². The maximum absolute atomic E-state index is 11.7. The van der Waals surface area contributed by atoms with E-state index in [9.17, 15) is 4.79 Å². The largest absolute Gasteiger partial charge is 0.438 e. The molecule has 2 aromatic rings. The summed E-state index contributed by atoms with van der Waals surface area (Å²) in [7, 11) is 3.32. The summed E-state index contributed by atoms with van der Waals surface area (Å²) in [6.07, 6.45) is 0. The van der Waals surface area contributed by atoms with Gasteiger partial charge >= 0.3 is 0 Å². The molecule has 0 aliphatic rings. The number of ether oxygens (including phenoxy) is 1. The Bertz CT molecular complexity index is 579. The van der Waals surface area contributed by atoms with Crippen molar-refractivity contribution >= 4 is 5.91 Å². The SMILES string of the molecule is CN(C)C(=O)c1ccc(Oc2ccc(CN)cc2)nn1. The zero-order valence-electron chi connectivity index (χ0n) is 11.4. The summed E-state index contributed by atoms with van der Waals surface area (Å²) in [4.78, 5) is 13.1. The van der Waals surface area contributed by atoms with E-state index in [-0.39, 0.29) is 11.6 Å². The van der Waals surface area contributed by atoms with Gasteiger partial charge in [0, 0.05) is 26.7 Å². The van der Waals surface area contributed by atoms with Gasteiger partial charge in [-0.3, -0.25) is 4.79 Å². The second kappa shape index (κ2) is 6.12. The molecule has 0 fully saturated rings. The first-order chi connectivity index (χ1) is 9.60. The molecule has 6 heteroatoms. The number of carbonyl (C=O) groups is 1. The molecule has 0 spiro atoms. The van der Waals surface area contributed by atoms with E-state index in [0.717, 1.165) is 5.56 Å². The first-order valence-corrected chi connectivity index (χ1v) is 6.12. The number of hydrogen-bond acceptors (Lipinski definition) is 5. The van der Waals surface area contributed by atoms with Crippen molar-refractivity contribution in [3.63, 3.8) is 0 Å².